The zero-order chi connectivity index (χ0) is 21.0. The van der Waals surface area contributed by atoms with E-state index in [0.717, 1.165) is 10.0 Å². The Hall–Kier alpha value is -2.17. The van der Waals surface area contributed by atoms with E-state index in [9.17, 15) is 9.00 Å². The first-order chi connectivity index (χ1) is 13.7. The Balaban J connectivity index is 1.90. The molecule has 8 heteroatoms. The van der Waals surface area contributed by atoms with Crippen LogP contribution in [-0.2, 0) is 9.73 Å². The fourth-order valence-corrected chi connectivity index (χ4v) is 4.45. The Morgan fingerprint density at radius 2 is 1.62 bits per heavy atom. The lowest BCUT2D eigenvalue weighted by Crippen LogP contribution is -2.04. The van der Waals surface area contributed by atoms with Crippen molar-refractivity contribution in [1.82, 2.24) is 4.98 Å². The summed E-state index contributed by atoms with van der Waals surface area (Å²) in [6.45, 7) is 0. The van der Waals surface area contributed by atoms with Gasteiger partial charge < -0.3 is 0 Å². The first-order valence-electron chi connectivity index (χ1n) is 8.18. The van der Waals surface area contributed by atoms with Crippen LogP contribution >= 0.6 is 39.1 Å². The molecule has 0 saturated carbocycles. The number of halogens is 3. The number of hydrogen-bond donors (Lipinski definition) is 0. The van der Waals surface area contributed by atoms with Crippen LogP contribution in [0.15, 0.2) is 74.7 Å². The van der Waals surface area contributed by atoms with E-state index in [-0.39, 0.29) is 10.5 Å². The third-order valence-electron chi connectivity index (χ3n) is 3.71. The van der Waals surface area contributed by atoms with Crippen LogP contribution in [-0.4, -0.2) is 21.4 Å². The molecular weight excluding hydrogens is 495 g/mol. The predicted molar refractivity (Wildman–Crippen MR) is 120 cm³/mol. The maximum Gasteiger partial charge on any atom is 0.286 e. The second-order valence-corrected chi connectivity index (χ2v) is 10.1. The SMILES string of the molecule is CS(=O)(=NC(=O)c1cncc(C#Cc2ccc(Br)cc2)c1)c1cc(Cl)cc(Cl)c1. The smallest absolute Gasteiger partial charge is 0.266 e. The fraction of sp³-hybridized carbons (Fsp3) is 0.0476. The number of pyridine rings is 1. The first-order valence-corrected chi connectivity index (χ1v) is 11.7. The van der Waals surface area contributed by atoms with Crippen molar-refractivity contribution in [3.05, 3.63) is 92.1 Å². The van der Waals surface area contributed by atoms with Gasteiger partial charge in [-0.15, -0.1) is 0 Å². The summed E-state index contributed by atoms with van der Waals surface area (Å²) in [4.78, 5) is 16.9. The molecule has 1 unspecified atom stereocenters. The van der Waals surface area contributed by atoms with Gasteiger partial charge in [0.15, 0.2) is 0 Å². The summed E-state index contributed by atoms with van der Waals surface area (Å²) in [5.41, 5.74) is 1.56. The molecule has 0 aliphatic heterocycles. The van der Waals surface area contributed by atoms with Crippen LogP contribution in [0.25, 0.3) is 0 Å². The summed E-state index contributed by atoms with van der Waals surface area (Å²) in [6.07, 6.45) is 4.26. The second kappa shape index (κ2) is 9.10. The van der Waals surface area contributed by atoms with E-state index >= 15 is 0 Å². The van der Waals surface area contributed by atoms with Gasteiger partial charge in [-0.25, -0.2) is 4.21 Å². The molecule has 0 saturated heterocycles. The molecule has 1 amide bonds. The first kappa shape index (κ1) is 21.5. The van der Waals surface area contributed by atoms with Crippen molar-refractivity contribution in [3.8, 4) is 11.8 Å². The zero-order valence-electron chi connectivity index (χ0n) is 15.0. The highest BCUT2D eigenvalue weighted by atomic mass is 79.9. The normalized spacial score (nSPS) is 12.4. The third-order valence-corrected chi connectivity index (χ3v) is 6.30. The Bertz CT molecular complexity index is 1250. The van der Waals surface area contributed by atoms with Crippen molar-refractivity contribution in [2.24, 2.45) is 4.36 Å². The Kier molecular flexibility index (Phi) is 6.76. The lowest BCUT2D eigenvalue weighted by molar-refractivity contribution is 0.100. The van der Waals surface area contributed by atoms with E-state index in [2.05, 4.69) is 37.1 Å². The van der Waals surface area contributed by atoms with Crippen molar-refractivity contribution in [3.63, 3.8) is 0 Å². The van der Waals surface area contributed by atoms with Gasteiger partial charge in [-0.05, 0) is 48.5 Å². The summed E-state index contributed by atoms with van der Waals surface area (Å²) in [6, 6.07) is 13.6. The van der Waals surface area contributed by atoms with Gasteiger partial charge >= 0.3 is 0 Å². The highest BCUT2D eigenvalue weighted by molar-refractivity contribution is 9.10. The van der Waals surface area contributed by atoms with Crippen LogP contribution < -0.4 is 0 Å². The fourth-order valence-electron chi connectivity index (χ4n) is 2.31. The van der Waals surface area contributed by atoms with E-state index in [0.29, 0.717) is 15.6 Å². The van der Waals surface area contributed by atoms with Crippen LogP contribution in [0.4, 0.5) is 0 Å². The molecule has 2 aromatic carbocycles. The molecule has 3 aromatic rings. The van der Waals surface area contributed by atoms with Crippen LogP contribution in [0.1, 0.15) is 21.5 Å². The number of benzene rings is 2. The Morgan fingerprint density at radius 3 is 2.28 bits per heavy atom. The van der Waals surface area contributed by atoms with Crippen LogP contribution in [0.5, 0.6) is 0 Å². The molecule has 0 aliphatic rings. The molecule has 1 heterocycles. The number of carbonyl (C=O) groups is 1. The minimum absolute atomic E-state index is 0.190. The van der Waals surface area contributed by atoms with Gasteiger partial charge in [0.05, 0.1) is 20.2 Å². The third kappa shape index (κ3) is 5.91. The highest BCUT2D eigenvalue weighted by Gasteiger charge is 2.13. The maximum absolute atomic E-state index is 12.9. The number of nitrogens with zero attached hydrogens (tertiary/aromatic N) is 2. The molecule has 29 heavy (non-hydrogen) atoms. The van der Waals surface area contributed by atoms with E-state index < -0.39 is 15.6 Å². The summed E-state index contributed by atoms with van der Waals surface area (Å²) in [5, 5.41) is 0.633. The molecule has 4 nitrogen and oxygen atoms in total. The van der Waals surface area contributed by atoms with Crippen LogP contribution in [0.3, 0.4) is 0 Å². The largest absolute Gasteiger partial charge is 0.286 e. The lowest BCUT2D eigenvalue weighted by Gasteiger charge is -2.05. The molecular formula is C21H13BrCl2N2O2S. The maximum atomic E-state index is 12.9. The second-order valence-electron chi connectivity index (χ2n) is 6.02. The average molecular weight is 508 g/mol. The molecule has 1 atom stereocenters. The number of rotatable bonds is 2. The van der Waals surface area contributed by atoms with Crippen molar-refractivity contribution in [2.75, 3.05) is 6.26 Å². The average Bonchev–Trinajstić information content (AvgIpc) is 2.67. The van der Waals surface area contributed by atoms with E-state index in [1.54, 1.807) is 12.3 Å². The standard InChI is InChI=1S/C21H13BrCl2N2O2S/c1-29(28,20-10-18(23)9-19(24)11-20)26-21(27)16-8-15(12-25-13-16)3-2-14-4-6-17(22)7-5-14/h4-13H,1H3. The van der Waals surface area contributed by atoms with Gasteiger partial charge in [-0.2, -0.15) is 4.36 Å². The molecule has 0 aliphatic carbocycles. The molecule has 0 spiro atoms. The highest BCUT2D eigenvalue weighted by Crippen LogP contribution is 2.23. The van der Waals surface area contributed by atoms with Crippen molar-refractivity contribution in [2.45, 2.75) is 4.90 Å². The minimum atomic E-state index is -3.04. The van der Waals surface area contributed by atoms with Gasteiger partial charge in [-0.3, -0.25) is 9.78 Å². The van der Waals surface area contributed by atoms with E-state index in [1.165, 1.54) is 30.7 Å². The Morgan fingerprint density at radius 1 is 1.00 bits per heavy atom. The topological polar surface area (TPSA) is 59.4 Å². The predicted octanol–water partition coefficient (Wildman–Crippen LogP) is 5.85. The van der Waals surface area contributed by atoms with Crippen LogP contribution in [0, 0.1) is 11.8 Å². The van der Waals surface area contributed by atoms with Gasteiger partial charge in [0, 0.05) is 44.3 Å². The van der Waals surface area contributed by atoms with Crippen molar-refractivity contribution >= 4 is 54.8 Å². The Labute approximate surface area is 187 Å². The van der Waals surface area contributed by atoms with Crippen LogP contribution in [0.2, 0.25) is 10.0 Å². The molecule has 146 valence electrons. The zero-order valence-corrected chi connectivity index (χ0v) is 18.9. The summed E-state index contributed by atoms with van der Waals surface area (Å²) < 4.78 is 17.8. The lowest BCUT2D eigenvalue weighted by atomic mass is 10.2. The van der Waals surface area contributed by atoms with Crippen molar-refractivity contribution in [1.29, 1.82) is 0 Å². The number of amides is 1. The quantitative estimate of drug-likeness (QED) is 0.409. The molecule has 3 rings (SSSR count). The molecule has 0 fully saturated rings. The molecule has 0 N–H and O–H groups in total. The van der Waals surface area contributed by atoms with Gasteiger partial charge in [0.25, 0.3) is 5.91 Å². The number of carbonyl (C=O) groups excluding carboxylic acids is 1. The van der Waals surface area contributed by atoms with E-state index in [1.807, 2.05) is 24.3 Å². The van der Waals surface area contributed by atoms with Crippen molar-refractivity contribution < 1.29 is 9.00 Å². The summed E-state index contributed by atoms with van der Waals surface area (Å²) in [5.74, 6) is 5.30. The monoisotopic (exact) mass is 506 g/mol. The van der Waals surface area contributed by atoms with Gasteiger partial charge in [0.2, 0.25) is 0 Å². The van der Waals surface area contributed by atoms with E-state index in [4.69, 9.17) is 23.2 Å². The summed E-state index contributed by atoms with van der Waals surface area (Å²) in [7, 11) is -3.04. The molecule has 1 aromatic heterocycles. The number of hydrogen-bond acceptors (Lipinski definition) is 3. The summed E-state index contributed by atoms with van der Waals surface area (Å²) >= 11 is 15.3. The van der Waals surface area contributed by atoms with Gasteiger partial charge in [0.1, 0.15) is 0 Å². The number of aromatic nitrogens is 1. The molecule has 0 radical (unpaired) electrons. The molecule has 0 bridgehead atoms. The van der Waals surface area contributed by atoms with Gasteiger partial charge in [-0.1, -0.05) is 51.0 Å². The minimum Gasteiger partial charge on any atom is -0.266 e.